The average molecular weight is 843 g/mol. The molecule has 0 aromatic carbocycles. The van der Waals surface area contributed by atoms with Crippen molar-refractivity contribution in [3.63, 3.8) is 0 Å². The van der Waals surface area contributed by atoms with Crippen molar-refractivity contribution in [2.45, 2.75) is 218 Å². The highest BCUT2D eigenvalue weighted by Gasteiger charge is 2.74. The molecule has 59 heavy (non-hydrogen) atoms. The molecule has 3 aliphatic heterocycles. The Labute approximate surface area is 349 Å². The monoisotopic (exact) mass is 843 g/mol. The summed E-state index contributed by atoms with van der Waals surface area (Å²) in [4.78, 5) is 11.9. The number of rotatable bonds is 8. The first-order valence-corrected chi connectivity index (χ1v) is 22.1. The molecule has 3 saturated heterocycles. The SMILES string of the molecule is CC(=O)OC[C@H]1O[C@@H](O[C@H]2C[C@]3(C)[C@H](C[C@@H](O)[C@@H]4[C@@H]([C@]5(C)CC[C@H](C(C)(C)O)O5)CC[C@]43C)[C@@]3(C)CC[C@H](O)C(C)(C)[C@H]23)[C@H](O[C@@H]2O[C@@H](C)[C@H](O)[C@@H](O)[C@H]2O)[C@@H](O)[C@@H]1O. The lowest BCUT2D eigenvalue weighted by atomic mass is 9.34. The number of carbonyl (C=O) groups excluding carboxylic acids is 1. The highest BCUT2D eigenvalue weighted by Crippen LogP contribution is 2.76. The minimum Gasteiger partial charge on any atom is -0.463 e. The van der Waals surface area contributed by atoms with Gasteiger partial charge in [0.25, 0.3) is 0 Å². The molecular formula is C44H74O15. The molecule has 0 unspecified atom stereocenters. The zero-order chi connectivity index (χ0) is 43.6. The van der Waals surface area contributed by atoms with Crippen molar-refractivity contribution in [2.24, 2.45) is 45.3 Å². The molecule has 4 aliphatic carbocycles. The Morgan fingerprint density at radius 2 is 1.46 bits per heavy atom. The molecule has 22 atom stereocenters. The molecule has 15 heteroatoms. The first-order chi connectivity index (χ1) is 27.2. The molecule has 7 aliphatic rings. The van der Waals surface area contributed by atoms with Crippen LogP contribution in [0.1, 0.15) is 121 Å². The van der Waals surface area contributed by atoms with E-state index in [4.69, 9.17) is 28.4 Å². The van der Waals surface area contributed by atoms with E-state index in [2.05, 4.69) is 27.7 Å². The molecule has 4 saturated carbocycles. The third kappa shape index (κ3) is 7.35. The predicted octanol–water partition coefficient (Wildman–Crippen LogP) is 1.93. The van der Waals surface area contributed by atoms with Gasteiger partial charge in [-0.05, 0) is 124 Å². The number of hydrogen-bond donors (Lipinski definition) is 8. The number of carbonyl (C=O) groups is 1. The largest absolute Gasteiger partial charge is 0.463 e. The van der Waals surface area contributed by atoms with Crippen molar-refractivity contribution < 1.29 is 74.1 Å². The van der Waals surface area contributed by atoms with E-state index in [1.807, 2.05) is 13.8 Å². The van der Waals surface area contributed by atoms with Gasteiger partial charge < -0.3 is 69.3 Å². The van der Waals surface area contributed by atoms with E-state index in [1.165, 1.54) is 13.8 Å². The number of aliphatic hydroxyl groups excluding tert-OH is 7. The standard InChI is InChI=1S/C44H74O15/c1-20-30(48)32(50)34(52)37(55-20)58-35-33(51)31(49)25(19-54-21(2)45)57-38(35)56-24-18-43(9)26(41(7)14-12-27(47)39(3,4)36(24)41)17-23(46)29-22(11-15-42(29,43)8)44(10)16-13-28(59-44)40(5,6)53/h20,22-38,46-53H,11-19H2,1-10H3/t20-,22-,23+,24-,25+,26+,27-,28+,29-,30-,31+,32+,33-,34+,35+,36-,37-,38+,41+,42+,43+,44-/m0/s1. The van der Waals surface area contributed by atoms with E-state index < -0.39 is 120 Å². The lowest BCUT2D eigenvalue weighted by Crippen LogP contribution is -2.71. The summed E-state index contributed by atoms with van der Waals surface area (Å²) in [5.74, 6) is -0.947. The number of fused-ring (bicyclic) bond motifs is 5. The molecule has 0 aromatic heterocycles. The van der Waals surface area contributed by atoms with Gasteiger partial charge in [0, 0.05) is 6.92 Å². The predicted molar refractivity (Wildman–Crippen MR) is 210 cm³/mol. The van der Waals surface area contributed by atoms with Gasteiger partial charge in [0.2, 0.25) is 0 Å². The summed E-state index contributed by atoms with van der Waals surface area (Å²) < 4.78 is 37.5. The molecule has 340 valence electrons. The minimum atomic E-state index is -1.72. The van der Waals surface area contributed by atoms with Gasteiger partial charge in [-0.3, -0.25) is 4.79 Å². The van der Waals surface area contributed by atoms with Crippen LogP contribution < -0.4 is 0 Å². The van der Waals surface area contributed by atoms with Crippen molar-refractivity contribution in [1.82, 2.24) is 0 Å². The molecule has 0 amide bonds. The molecule has 0 aromatic rings. The summed E-state index contributed by atoms with van der Waals surface area (Å²) in [6.45, 7) is 19.0. The van der Waals surface area contributed by atoms with Crippen LogP contribution in [0, 0.1) is 45.3 Å². The maximum absolute atomic E-state index is 12.4. The van der Waals surface area contributed by atoms with Crippen molar-refractivity contribution in [3.05, 3.63) is 0 Å². The molecule has 8 N–H and O–H groups in total. The van der Waals surface area contributed by atoms with Gasteiger partial charge in [0.15, 0.2) is 12.6 Å². The van der Waals surface area contributed by atoms with Crippen molar-refractivity contribution in [3.8, 4) is 0 Å². The van der Waals surface area contributed by atoms with Crippen molar-refractivity contribution >= 4 is 5.97 Å². The van der Waals surface area contributed by atoms with Crippen molar-refractivity contribution in [1.29, 1.82) is 0 Å². The highest BCUT2D eigenvalue weighted by molar-refractivity contribution is 5.65. The van der Waals surface area contributed by atoms with Gasteiger partial charge in [-0.2, -0.15) is 0 Å². The zero-order valence-electron chi connectivity index (χ0n) is 36.7. The Balaban J connectivity index is 1.27. The lowest BCUT2D eigenvalue weighted by molar-refractivity contribution is -0.382. The summed E-state index contributed by atoms with van der Waals surface area (Å²) >= 11 is 0. The maximum atomic E-state index is 12.4. The molecule has 3 heterocycles. The molecule has 0 bridgehead atoms. The molecule has 0 radical (unpaired) electrons. The second-order valence-corrected chi connectivity index (χ2v) is 21.8. The molecule has 15 nitrogen and oxygen atoms in total. The van der Waals surface area contributed by atoms with E-state index in [0.29, 0.717) is 25.7 Å². The Morgan fingerprint density at radius 1 is 0.780 bits per heavy atom. The number of aliphatic hydroxyl groups is 8. The second kappa shape index (κ2) is 15.6. The second-order valence-electron chi connectivity index (χ2n) is 21.8. The van der Waals surface area contributed by atoms with E-state index in [0.717, 1.165) is 25.7 Å². The van der Waals surface area contributed by atoms with Crippen LogP contribution in [-0.2, 0) is 33.2 Å². The Kier molecular flexibility index (Phi) is 12.1. The molecule has 0 spiro atoms. The van der Waals surface area contributed by atoms with Crippen LogP contribution in [0.3, 0.4) is 0 Å². The fraction of sp³-hybridized carbons (Fsp3) is 0.977. The lowest BCUT2D eigenvalue weighted by Gasteiger charge is -2.72. The summed E-state index contributed by atoms with van der Waals surface area (Å²) in [6, 6.07) is 0. The van der Waals surface area contributed by atoms with Crippen LogP contribution in [0.2, 0.25) is 0 Å². The van der Waals surface area contributed by atoms with Crippen LogP contribution in [0.4, 0.5) is 0 Å². The summed E-state index contributed by atoms with van der Waals surface area (Å²) in [7, 11) is 0. The Morgan fingerprint density at radius 3 is 2.08 bits per heavy atom. The molecule has 7 fully saturated rings. The third-order valence-electron chi connectivity index (χ3n) is 17.6. The average Bonchev–Trinajstić information content (AvgIpc) is 3.74. The van der Waals surface area contributed by atoms with Gasteiger partial charge in [0.05, 0.1) is 41.7 Å². The van der Waals surface area contributed by atoms with E-state index in [-0.39, 0.29) is 35.2 Å². The van der Waals surface area contributed by atoms with Crippen LogP contribution >= 0.6 is 0 Å². The summed E-state index contributed by atoms with van der Waals surface area (Å²) in [5, 5.41) is 90.1. The third-order valence-corrected chi connectivity index (χ3v) is 17.6. The van der Waals surface area contributed by atoms with E-state index in [9.17, 15) is 45.6 Å². The minimum absolute atomic E-state index is 0.0340. The molecule has 7 rings (SSSR count). The Bertz CT molecular complexity index is 1540. The fourth-order valence-corrected chi connectivity index (χ4v) is 14.3. The van der Waals surface area contributed by atoms with Crippen LogP contribution in [-0.4, -0.2) is 150 Å². The Hall–Kier alpha value is -1.05. The molecular weight excluding hydrogens is 768 g/mol. The van der Waals surface area contributed by atoms with Gasteiger partial charge >= 0.3 is 5.97 Å². The maximum Gasteiger partial charge on any atom is 0.302 e. The van der Waals surface area contributed by atoms with E-state index in [1.54, 1.807) is 13.8 Å². The summed E-state index contributed by atoms with van der Waals surface area (Å²) in [6.07, 6.45) is -11.5. The smallest absolute Gasteiger partial charge is 0.302 e. The van der Waals surface area contributed by atoms with Crippen LogP contribution in [0.25, 0.3) is 0 Å². The fourth-order valence-electron chi connectivity index (χ4n) is 14.3. The number of ether oxygens (including phenoxy) is 6. The van der Waals surface area contributed by atoms with E-state index >= 15 is 0 Å². The van der Waals surface area contributed by atoms with Gasteiger partial charge in [-0.15, -0.1) is 0 Å². The normalized spacial score (nSPS) is 54.9. The van der Waals surface area contributed by atoms with Crippen molar-refractivity contribution in [2.75, 3.05) is 6.61 Å². The highest BCUT2D eigenvalue weighted by atomic mass is 16.8. The summed E-state index contributed by atoms with van der Waals surface area (Å²) in [5.41, 5.74) is -3.49. The first-order valence-electron chi connectivity index (χ1n) is 22.1. The van der Waals surface area contributed by atoms with Gasteiger partial charge in [0.1, 0.15) is 49.3 Å². The van der Waals surface area contributed by atoms with Gasteiger partial charge in [-0.25, -0.2) is 0 Å². The number of hydrogen-bond acceptors (Lipinski definition) is 15. The van der Waals surface area contributed by atoms with Crippen LogP contribution in [0.5, 0.6) is 0 Å². The van der Waals surface area contributed by atoms with Gasteiger partial charge in [-0.1, -0.05) is 34.6 Å². The first kappa shape index (κ1) is 46.0. The quantitative estimate of drug-likeness (QED) is 0.129. The number of esters is 1. The topological polar surface area (TPSA) is 234 Å². The zero-order valence-corrected chi connectivity index (χ0v) is 36.7. The van der Waals surface area contributed by atoms with Crippen LogP contribution in [0.15, 0.2) is 0 Å².